The highest BCUT2D eigenvalue weighted by molar-refractivity contribution is 5.56. The Hall–Kier alpha value is -1.59. The lowest BCUT2D eigenvalue weighted by Crippen LogP contribution is -2.50. The highest BCUT2D eigenvalue weighted by atomic mass is 16.3. The van der Waals surface area contributed by atoms with Crippen molar-refractivity contribution in [3.05, 3.63) is 30.1 Å². The molecular weight excluding hydrogens is 252 g/mol. The molecule has 0 radical (unpaired) electrons. The van der Waals surface area contributed by atoms with Gasteiger partial charge in [-0.1, -0.05) is 6.07 Å². The summed E-state index contributed by atoms with van der Waals surface area (Å²) in [5.74, 6) is 0.963. The summed E-state index contributed by atoms with van der Waals surface area (Å²) in [4.78, 5) is 9.67. The third kappa shape index (κ3) is 1.81. The number of fused-ring (bicyclic) bond motifs is 2. The second kappa shape index (κ2) is 4.75. The van der Waals surface area contributed by atoms with Crippen molar-refractivity contribution in [3.63, 3.8) is 0 Å². The van der Waals surface area contributed by atoms with Gasteiger partial charge >= 0.3 is 0 Å². The minimum absolute atomic E-state index is 0.0331. The van der Waals surface area contributed by atoms with Crippen LogP contribution >= 0.6 is 0 Å². The molecule has 5 nitrogen and oxygen atoms in total. The molecule has 20 heavy (non-hydrogen) atoms. The second-order valence-corrected chi connectivity index (χ2v) is 5.75. The first kappa shape index (κ1) is 12.2. The molecule has 106 valence electrons. The molecule has 0 amide bonds. The first-order valence-corrected chi connectivity index (χ1v) is 7.42. The number of aliphatic hydroxyl groups is 1. The zero-order valence-corrected chi connectivity index (χ0v) is 11.6. The zero-order valence-electron chi connectivity index (χ0n) is 11.6. The fraction of sp³-hybridized carbons (Fsp3) is 0.533. The maximum atomic E-state index is 9.73. The van der Waals surface area contributed by atoms with E-state index in [1.54, 1.807) is 0 Å². The molecule has 1 atom stereocenters. The van der Waals surface area contributed by atoms with Crippen molar-refractivity contribution in [1.82, 2.24) is 14.3 Å². The van der Waals surface area contributed by atoms with Gasteiger partial charge < -0.3 is 10.0 Å². The maximum Gasteiger partial charge on any atom is 0.153 e. The summed E-state index contributed by atoms with van der Waals surface area (Å²) in [7, 11) is 0. The van der Waals surface area contributed by atoms with Crippen molar-refractivity contribution >= 4 is 11.5 Å². The van der Waals surface area contributed by atoms with Gasteiger partial charge in [0, 0.05) is 31.9 Å². The molecule has 4 heterocycles. The van der Waals surface area contributed by atoms with Crippen molar-refractivity contribution < 1.29 is 5.11 Å². The molecule has 0 saturated carbocycles. The van der Waals surface area contributed by atoms with Crippen LogP contribution in [0.4, 0.5) is 5.82 Å². The van der Waals surface area contributed by atoms with Crippen LogP contribution in [0.1, 0.15) is 18.5 Å². The van der Waals surface area contributed by atoms with Crippen LogP contribution in [0.15, 0.2) is 24.4 Å². The van der Waals surface area contributed by atoms with E-state index in [9.17, 15) is 5.11 Å². The van der Waals surface area contributed by atoms with Crippen molar-refractivity contribution in [2.24, 2.45) is 0 Å². The van der Waals surface area contributed by atoms with Crippen LogP contribution in [0.25, 0.3) is 5.65 Å². The average molecular weight is 272 g/mol. The lowest BCUT2D eigenvalue weighted by molar-refractivity contribution is 0.229. The van der Waals surface area contributed by atoms with Crippen molar-refractivity contribution in [2.75, 3.05) is 31.1 Å². The number of hydrogen-bond donors (Lipinski definition) is 1. The van der Waals surface area contributed by atoms with Gasteiger partial charge in [0.1, 0.15) is 5.65 Å². The summed E-state index contributed by atoms with van der Waals surface area (Å²) < 4.78 is 2.00. The van der Waals surface area contributed by atoms with Crippen LogP contribution in [-0.4, -0.2) is 51.6 Å². The molecule has 0 aliphatic carbocycles. The van der Waals surface area contributed by atoms with E-state index in [4.69, 9.17) is 4.98 Å². The van der Waals surface area contributed by atoms with Gasteiger partial charge in [-0.2, -0.15) is 0 Å². The van der Waals surface area contributed by atoms with Gasteiger partial charge in [0.05, 0.1) is 12.3 Å². The summed E-state index contributed by atoms with van der Waals surface area (Å²) >= 11 is 0. The number of imidazole rings is 1. The van der Waals surface area contributed by atoms with E-state index in [1.165, 1.54) is 19.4 Å². The van der Waals surface area contributed by atoms with Crippen LogP contribution in [0.3, 0.4) is 0 Å². The highest BCUT2D eigenvalue weighted by Gasteiger charge is 2.32. The smallest absolute Gasteiger partial charge is 0.153 e. The molecule has 1 N–H and O–H groups in total. The number of aliphatic hydroxyl groups excluding tert-OH is 1. The van der Waals surface area contributed by atoms with Crippen LogP contribution in [0, 0.1) is 0 Å². The summed E-state index contributed by atoms with van der Waals surface area (Å²) in [6.07, 6.45) is 4.58. The molecular formula is C15H20N4O. The van der Waals surface area contributed by atoms with Gasteiger partial charge in [-0.05, 0) is 31.5 Å². The Morgan fingerprint density at radius 1 is 1.25 bits per heavy atom. The van der Waals surface area contributed by atoms with E-state index in [1.807, 2.05) is 28.8 Å². The normalized spacial score (nSPS) is 23.4. The number of pyridine rings is 1. The number of nitrogens with zero attached hydrogens (tertiary/aromatic N) is 4. The molecule has 0 spiro atoms. The standard InChI is InChI=1S/C15H20N4O/c20-11-13-15(16-14-5-1-2-7-19(13)14)18-9-8-17-6-3-4-12(17)10-18/h1-2,5,7,12,20H,3-4,6,8-11H2. The molecule has 2 saturated heterocycles. The topological polar surface area (TPSA) is 44.0 Å². The quantitative estimate of drug-likeness (QED) is 0.889. The number of piperazine rings is 1. The molecule has 2 fully saturated rings. The molecule has 4 rings (SSSR count). The Morgan fingerprint density at radius 2 is 2.20 bits per heavy atom. The van der Waals surface area contributed by atoms with E-state index in [0.717, 1.165) is 36.8 Å². The lowest BCUT2D eigenvalue weighted by atomic mass is 10.1. The van der Waals surface area contributed by atoms with Gasteiger partial charge in [-0.15, -0.1) is 0 Å². The molecule has 2 aromatic rings. The Bertz CT molecular complexity index is 623. The van der Waals surface area contributed by atoms with Gasteiger partial charge in [-0.25, -0.2) is 4.98 Å². The third-order valence-corrected chi connectivity index (χ3v) is 4.64. The maximum absolute atomic E-state index is 9.73. The summed E-state index contributed by atoms with van der Waals surface area (Å²) in [6, 6.07) is 6.63. The molecule has 2 aromatic heterocycles. The monoisotopic (exact) mass is 272 g/mol. The molecule has 2 aliphatic rings. The fourth-order valence-electron chi connectivity index (χ4n) is 3.62. The summed E-state index contributed by atoms with van der Waals surface area (Å²) in [5.41, 5.74) is 1.83. The Balaban J connectivity index is 1.71. The van der Waals surface area contributed by atoms with E-state index < -0.39 is 0 Å². The second-order valence-electron chi connectivity index (χ2n) is 5.75. The third-order valence-electron chi connectivity index (χ3n) is 4.64. The van der Waals surface area contributed by atoms with Crippen molar-refractivity contribution in [2.45, 2.75) is 25.5 Å². The largest absolute Gasteiger partial charge is 0.390 e. The Morgan fingerprint density at radius 3 is 3.10 bits per heavy atom. The van der Waals surface area contributed by atoms with E-state index in [2.05, 4.69) is 9.80 Å². The van der Waals surface area contributed by atoms with Crippen LogP contribution in [0.2, 0.25) is 0 Å². The average Bonchev–Trinajstić information content (AvgIpc) is 3.10. The number of anilines is 1. The predicted molar refractivity (Wildman–Crippen MR) is 77.9 cm³/mol. The minimum Gasteiger partial charge on any atom is -0.390 e. The number of aromatic nitrogens is 2. The SMILES string of the molecule is OCc1c(N2CCN3CCCC3C2)nc2ccccn12. The predicted octanol–water partition coefficient (Wildman–Crippen LogP) is 1.11. The zero-order chi connectivity index (χ0) is 13.5. The van der Waals surface area contributed by atoms with E-state index in [0.29, 0.717) is 6.04 Å². The van der Waals surface area contributed by atoms with Crippen molar-refractivity contribution in [3.8, 4) is 0 Å². The van der Waals surface area contributed by atoms with Gasteiger partial charge in [0.2, 0.25) is 0 Å². The number of rotatable bonds is 2. The molecule has 5 heteroatoms. The van der Waals surface area contributed by atoms with Gasteiger partial charge in [0.15, 0.2) is 5.82 Å². The fourth-order valence-corrected chi connectivity index (χ4v) is 3.62. The van der Waals surface area contributed by atoms with Crippen LogP contribution in [0.5, 0.6) is 0 Å². The van der Waals surface area contributed by atoms with Gasteiger partial charge in [-0.3, -0.25) is 9.30 Å². The first-order valence-electron chi connectivity index (χ1n) is 7.42. The Labute approximate surface area is 118 Å². The molecule has 1 unspecified atom stereocenters. The van der Waals surface area contributed by atoms with E-state index in [-0.39, 0.29) is 6.61 Å². The van der Waals surface area contributed by atoms with Crippen LogP contribution < -0.4 is 4.90 Å². The van der Waals surface area contributed by atoms with Gasteiger partial charge in [0.25, 0.3) is 0 Å². The highest BCUT2D eigenvalue weighted by Crippen LogP contribution is 2.28. The Kier molecular flexibility index (Phi) is 2.89. The minimum atomic E-state index is 0.0331. The first-order chi connectivity index (χ1) is 9.86. The molecule has 0 aromatic carbocycles. The summed E-state index contributed by atoms with van der Waals surface area (Å²) in [6.45, 7) is 4.44. The summed E-state index contributed by atoms with van der Waals surface area (Å²) in [5, 5.41) is 9.73. The molecule has 0 bridgehead atoms. The van der Waals surface area contributed by atoms with E-state index >= 15 is 0 Å². The lowest BCUT2D eigenvalue weighted by Gasteiger charge is -2.38. The number of hydrogen-bond acceptors (Lipinski definition) is 4. The molecule has 2 aliphatic heterocycles. The van der Waals surface area contributed by atoms with Crippen LogP contribution in [-0.2, 0) is 6.61 Å². The van der Waals surface area contributed by atoms with Crippen molar-refractivity contribution in [1.29, 1.82) is 0 Å².